The van der Waals surface area contributed by atoms with Crippen LogP contribution in [-0.4, -0.2) is 0 Å². The molecule has 0 aromatic heterocycles. The number of fused-ring (bicyclic) bond motifs is 3. The third-order valence-electron chi connectivity index (χ3n) is 6.90. The van der Waals surface area contributed by atoms with Crippen molar-refractivity contribution in [2.24, 2.45) is 0 Å². The van der Waals surface area contributed by atoms with E-state index in [0.717, 1.165) is 0 Å². The van der Waals surface area contributed by atoms with Crippen molar-refractivity contribution >= 4 is 21.5 Å². The summed E-state index contributed by atoms with van der Waals surface area (Å²) in [6.07, 6.45) is 22.6. The first-order chi connectivity index (χ1) is 15.4. The van der Waals surface area contributed by atoms with E-state index in [-0.39, 0.29) is 0 Å². The average Bonchev–Trinajstić information content (AvgIpc) is 2.81. The molecule has 0 heteroatoms. The average molecular weight is 417 g/mol. The molecule has 3 aromatic rings. The first-order valence-electron chi connectivity index (χ1n) is 13.3. The molecule has 0 unspecified atom stereocenters. The van der Waals surface area contributed by atoms with Gasteiger partial charge in [0.25, 0.3) is 0 Å². The number of rotatable bonds is 16. The molecule has 0 saturated heterocycles. The number of hydrogen-bond acceptors (Lipinski definition) is 0. The monoisotopic (exact) mass is 416 g/mol. The highest BCUT2D eigenvalue weighted by Gasteiger charge is 2.06. The smallest absolute Gasteiger partial charge is 0.0103 e. The van der Waals surface area contributed by atoms with Crippen LogP contribution in [0.25, 0.3) is 21.5 Å². The highest BCUT2D eigenvalue weighted by molar-refractivity contribution is 6.08. The van der Waals surface area contributed by atoms with Gasteiger partial charge in [0.1, 0.15) is 0 Å². The molecule has 3 aromatic carbocycles. The minimum atomic E-state index is 1.21. The third-order valence-corrected chi connectivity index (χ3v) is 6.90. The fourth-order valence-corrected chi connectivity index (χ4v) is 5.03. The molecule has 0 atom stereocenters. The highest BCUT2D eigenvalue weighted by Crippen LogP contribution is 2.29. The van der Waals surface area contributed by atoms with Gasteiger partial charge in [0.05, 0.1) is 0 Å². The summed E-state index contributed by atoms with van der Waals surface area (Å²) < 4.78 is 0. The van der Waals surface area contributed by atoms with Gasteiger partial charge < -0.3 is 0 Å². The molecule has 31 heavy (non-hydrogen) atoms. The zero-order chi connectivity index (χ0) is 21.6. The summed E-state index contributed by atoms with van der Waals surface area (Å²) in [6.45, 7) is 2.30. The summed E-state index contributed by atoms with van der Waals surface area (Å²) >= 11 is 0. The summed E-state index contributed by atoms with van der Waals surface area (Å²) in [5.74, 6) is 0. The predicted molar refractivity (Wildman–Crippen MR) is 140 cm³/mol. The number of benzene rings is 3. The minimum absolute atomic E-state index is 1.21. The van der Waals surface area contributed by atoms with E-state index in [9.17, 15) is 0 Å². The molecule has 0 aliphatic heterocycles. The Labute approximate surface area is 191 Å². The normalized spacial score (nSPS) is 11.5. The molecule has 0 bridgehead atoms. The van der Waals surface area contributed by atoms with E-state index in [2.05, 4.69) is 61.5 Å². The van der Waals surface area contributed by atoms with Crippen LogP contribution < -0.4 is 0 Å². The molecule has 0 N–H and O–H groups in total. The van der Waals surface area contributed by atoms with Crippen molar-refractivity contribution in [3.8, 4) is 0 Å². The van der Waals surface area contributed by atoms with Crippen molar-refractivity contribution in [3.05, 3.63) is 60.2 Å². The van der Waals surface area contributed by atoms with Gasteiger partial charge in [-0.15, -0.1) is 0 Å². The second-order valence-corrected chi connectivity index (χ2v) is 9.50. The lowest BCUT2D eigenvalue weighted by molar-refractivity contribution is 0.532. The Kier molecular flexibility index (Phi) is 11.0. The van der Waals surface area contributed by atoms with Crippen LogP contribution in [0.3, 0.4) is 0 Å². The van der Waals surface area contributed by atoms with E-state index in [1.165, 1.54) is 130 Å². The van der Waals surface area contributed by atoms with Gasteiger partial charge >= 0.3 is 0 Å². The molecular formula is C31H44. The van der Waals surface area contributed by atoms with Crippen molar-refractivity contribution in [1.29, 1.82) is 0 Å². The standard InChI is InChI=1S/C31H44/c1-2-3-4-5-6-7-8-9-10-11-12-13-14-15-16-21-27-26-28-22-17-18-23-29(28)31-25-20-19-24-30(27)31/h17-20,22-26H,2-16,21H2,1H3. The van der Waals surface area contributed by atoms with Crippen molar-refractivity contribution in [2.75, 3.05) is 0 Å². The summed E-state index contributed by atoms with van der Waals surface area (Å²) in [5, 5.41) is 5.64. The van der Waals surface area contributed by atoms with Crippen molar-refractivity contribution < 1.29 is 0 Å². The molecule has 3 rings (SSSR count). The van der Waals surface area contributed by atoms with Gasteiger partial charge in [0.2, 0.25) is 0 Å². The van der Waals surface area contributed by atoms with Gasteiger partial charge in [-0.3, -0.25) is 0 Å². The number of aryl methyl sites for hydroxylation is 1. The van der Waals surface area contributed by atoms with Gasteiger partial charge in [0, 0.05) is 0 Å². The fourth-order valence-electron chi connectivity index (χ4n) is 5.03. The zero-order valence-corrected chi connectivity index (χ0v) is 20.0. The highest BCUT2D eigenvalue weighted by atomic mass is 14.1. The van der Waals surface area contributed by atoms with E-state index in [0.29, 0.717) is 0 Å². The van der Waals surface area contributed by atoms with Crippen LogP contribution >= 0.6 is 0 Å². The van der Waals surface area contributed by atoms with Crippen LogP contribution in [-0.2, 0) is 6.42 Å². The lowest BCUT2D eigenvalue weighted by Gasteiger charge is -2.10. The largest absolute Gasteiger partial charge is 0.0654 e. The Bertz CT molecular complexity index is 875. The summed E-state index contributed by atoms with van der Waals surface area (Å²) in [6, 6.07) is 20.2. The first-order valence-corrected chi connectivity index (χ1v) is 13.3. The molecular weight excluding hydrogens is 372 g/mol. The minimum Gasteiger partial charge on any atom is -0.0654 e. The second kappa shape index (κ2) is 14.3. The quantitative estimate of drug-likeness (QED) is 0.161. The maximum absolute atomic E-state index is 2.43. The predicted octanol–water partition coefficient (Wildman–Crippen LogP) is 10.4. The maximum Gasteiger partial charge on any atom is -0.0103 e. The van der Waals surface area contributed by atoms with Gasteiger partial charge in [-0.1, -0.05) is 151 Å². The molecule has 0 saturated carbocycles. The fraction of sp³-hybridized carbons (Fsp3) is 0.548. The van der Waals surface area contributed by atoms with E-state index >= 15 is 0 Å². The van der Waals surface area contributed by atoms with Crippen LogP contribution in [0.1, 0.15) is 109 Å². The molecule has 0 spiro atoms. The molecule has 0 aliphatic carbocycles. The molecule has 0 radical (unpaired) electrons. The Morgan fingerprint density at radius 2 is 0.903 bits per heavy atom. The third kappa shape index (κ3) is 7.99. The lowest BCUT2D eigenvalue weighted by atomic mass is 9.94. The van der Waals surface area contributed by atoms with Crippen molar-refractivity contribution in [3.63, 3.8) is 0 Å². The Morgan fingerprint density at radius 1 is 0.452 bits per heavy atom. The van der Waals surface area contributed by atoms with Crippen LogP contribution in [0.5, 0.6) is 0 Å². The molecule has 0 heterocycles. The van der Waals surface area contributed by atoms with Crippen molar-refractivity contribution in [1.82, 2.24) is 0 Å². The summed E-state index contributed by atoms with van der Waals surface area (Å²) in [7, 11) is 0. The zero-order valence-electron chi connectivity index (χ0n) is 20.0. The Morgan fingerprint density at radius 3 is 1.48 bits per heavy atom. The van der Waals surface area contributed by atoms with Gasteiger partial charge in [0.15, 0.2) is 0 Å². The van der Waals surface area contributed by atoms with E-state index in [1.807, 2.05) is 0 Å². The van der Waals surface area contributed by atoms with Crippen LogP contribution in [0.4, 0.5) is 0 Å². The van der Waals surface area contributed by atoms with Crippen LogP contribution in [0.15, 0.2) is 54.6 Å². The van der Waals surface area contributed by atoms with E-state index < -0.39 is 0 Å². The number of hydrogen-bond donors (Lipinski definition) is 0. The first kappa shape index (κ1) is 23.8. The van der Waals surface area contributed by atoms with Crippen molar-refractivity contribution in [2.45, 2.75) is 110 Å². The van der Waals surface area contributed by atoms with Crippen LogP contribution in [0, 0.1) is 0 Å². The van der Waals surface area contributed by atoms with Gasteiger partial charge in [-0.25, -0.2) is 0 Å². The second-order valence-electron chi connectivity index (χ2n) is 9.50. The van der Waals surface area contributed by atoms with Gasteiger partial charge in [-0.2, -0.15) is 0 Å². The molecule has 0 aliphatic rings. The Balaban J connectivity index is 1.27. The topological polar surface area (TPSA) is 0 Å². The maximum atomic E-state index is 2.43. The molecule has 0 amide bonds. The number of unbranched alkanes of at least 4 members (excludes halogenated alkanes) is 14. The molecule has 0 nitrogen and oxygen atoms in total. The van der Waals surface area contributed by atoms with Crippen LogP contribution in [0.2, 0.25) is 0 Å². The van der Waals surface area contributed by atoms with Gasteiger partial charge in [-0.05, 0) is 39.9 Å². The van der Waals surface area contributed by atoms with E-state index in [4.69, 9.17) is 0 Å². The Hall–Kier alpha value is -1.82. The summed E-state index contributed by atoms with van der Waals surface area (Å²) in [4.78, 5) is 0. The molecule has 168 valence electrons. The summed E-state index contributed by atoms with van der Waals surface area (Å²) in [5.41, 5.74) is 1.53. The lowest BCUT2D eigenvalue weighted by Crippen LogP contribution is -1.90. The molecule has 0 fully saturated rings. The SMILES string of the molecule is CCCCCCCCCCCCCCCCCc1cc2ccccc2c2ccccc12. The van der Waals surface area contributed by atoms with E-state index in [1.54, 1.807) is 0 Å².